The molecule has 0 aromatic carbocycles. The highest BCUT2D eigenvalue weighted by Crippen LogP contribution is 2.16. The van der Waals surface area contributed by atoms with Gasteiger partial charge in [-0.15, -0.1) is 0 Å². The van der Waals surface area contributed by atoms with Crippen LogP contribution < -0.4 is 5.73 Å². The van der Waals surface area contributed by atoms with Gasteiger partial charge in [-0.25, -0.2) is 0 Å². The van der Waals surface area contributed by atoms with Crippen LogP contribution in [0.15, 0.2) is 0 Å². The number of nitrogens with two attached hydrogens (primary N) is 1. The predicted octanol–water partition coefficient (Wildman–Crippen LogP) is 0.202. The SMILES string of the molecule is CCC(C)(C)OC(=O)CC(CO)C(N)=O. The molecule has 0 saturated heterocycles. The number of primary amides is 1. The number of rotatable bonds is 6. The second-order valence-electron chi connectivity index (χ2n) is 4.07. The molecule has 0 saturated carbocycles. The standard InChI is InChI=1S/C10H19NO4/c1-4-10(2,3)15-8(13)5-7(6-12)9(11)14/h7,12H,4-6H2,1-3H3,(H2,11,14). The van der Waals surface area contributed by atoms with Crippen LogP contribution in [0, 0.1) is 5.92 Å². The molecule has 0 radical (unpaired) electrons. The Balaban J connectivity index is 4.19. The van der Waals surface area contributed by atoms with Crippen molar-refractivity contribution in [1.29, 1.82) is 0 Å². The molecule has 0 aliphatic heterocycles. The van der Waals surface area contributed by atoms with E-state index >= 15 is 0 Å². The quantitative estimate of drug-likeness (QED) is 0.622. The molecule has 0 aliphatic rings. The van der Waals surface area contributed by atoms with E-state index in [0.717, 1.165) is 0 Å². The minimum Gasteiger partial charge on any atom is -0.460 e. The predicted molar refractivity (Wildman–Crippen MR) is 54.8 cm³/mol. The van der Waals surface area contributed by atoms with Gasteiger partial charge in [0.15, 0.2) is 0 Å². The zero-order valence-electron chi connectivity index (χ0n) is 9.45. The van der Waals surface area contributed by atoms with Crippen LogP contribution in [0.1, 0.15) is 33.6 Å². The van der Waals surface area contributed by atoms with Gasteiger partial charge in [0, 0.05) is 0 Å². The first-order chi connectivity index (χ1) is 6.82. The van der Waals surface area contributed by atoms with Crippen molar-refractivity contribution in [2.75, 3.05) is 6.61 Å². The number of aliphatic hydroxyl groups excluding tert-OH is 1. The van der Waals surface area contributed by atoms with Gasteiger partial charge in [0.25, 0.3) is 0 Å². The first-order valence-electron chi connectivity index (χ1n) is 4.94. The van der Waals surface area contributed by atoms with Crippen LogP contribution in [0.25, 0.3) is 0 Å². The summed E-state index contributed by atoms with van der Waals surface area (Å²) in [4.78, 5) is 22.1. The zero-order valence-corrected chi connectivity index (χ0v) is 9.45. The van der Waals surface area contributed by atoms with E-state index in [4.69, 9.17) is 15.6 Å². The van der Waals surface area contributed by atoms with Crippen molar-refractivity contribution in [3.05, 3.63) is 0 Å². The molecular weight excluding hydrogens is 198 g/mol. The van der Waals surface area contributed by atoms with Crippen LogP contribution in [-0.4, -0.2) is 29.2 Å². The molecule has 88 valence electrons. The Bertz CT molecular complexity index is 238. The van der Waals surface area contributed by atoms with Crippen molar-refractivity contribution < 1.29 is 19.4 Å². The molecule has 0 aliphatic carbocycles. The third-order valence-electron chi connectivity index (χ3n) is 2.28. The normalized spacial score (nSPS) is 13.3. The molecular formula is C10H19NO4. The summed E-state index contributed by atoms with van der Waals surface area (Å²) in [5, 5.41) is 8.79. The first kappa shape index (κ1) is 13.9. The highest BCUT2D eigenvalue weighted by molar-refractivity contribution is 5.82. The molecule has 0 aromatic heterocycles. The van der Waals surface area contributed by atoms with Gasteiger partial charge in [0.1, 0.15) is 5.60 Å². The highest BCUT2D eigenvalue weighted by Gasteiger charge is 2.24. The molecule has 0 fully saturated rings. The van der Waals surface area contributed by atoms with Crippen LogP contribution >= 0.6 is 0 Å². The molecule has 0 bridgehead atoms. The van der Waals surface area contributed by atoms with Crippen molar-refractivity contribution >= 4 is 11.9 Å². The smallest absolute Gasteiger partial charge is 0.307 e. The summed E-state index contributed by atoms with van der Waals surface area (Å²) in [6.45, 7) is 5.02. The number of hydrogen-bond acceptors (Lipinski definition) is 4. The van der Waals surface area contributed by atoms with Crippen molar-refractivity contribution in [3.8, 4) is 0 Å². The van der Waals surface area contributed by atoms with Crippen molar-refractivity contribution in [3.63, 3.8) is 0 Å². The average molecular weight is 217 g/mol. The summed E-state index contributed by atoms with van der Waals surface area (Å²) in [6, 6.07) is 0. The Kier molecular flexibility index (Phi) is 5.28. The molecule has 15 heavy (non-hydrogen) atoms. The number of carbonyl (C=O) groups is 2. The van der Waals surface area contributed by atoms with Crippen LogP contribution in [0.2, 0.25) is 0 Å². The Morgan fingerprint density at radius 2 is 2.00 bits per heavy atom. The summed E-state index contributed by atoms with van der Waals surface area (Å²) in [7, 11) is 0. The van der Waals surface area contributed by atoms with Crippen LogP contribution in [0.5, 0.6) is 0 Å². The summed E-state index contributed by atoms with van der Waals surface area (Å²) < 4.78 is 5.11. The maximum atomic E-state index is 11.4. The number of aliphatic hydroxyl groups is 1. The van der Waals surface area contributed by atoms with E-state index in [-0.39, 0.29) is 6.42 Å². The molecule has 1 atom stereocenters. The second kappa shape index (κ2) is 5.70. The maximum absolute atomic E-state index is 11.4. The Morgan fingerprint density at radius 1 is 1.47 bits per heavy atom. The van der Waals surface area contributed by atoms with Crippen LogP contribution in [-0.2, 0) is 14.3 Å². The van der Waals surface area contributed by atoms with E-state index in [1.165, 1.54) is 0 Å². The van der Waals surface area contributed by atoms with Crippen molar-refractivity contribution in [2.45, 2.75) is 39.2 Å². The molecule has 0 rings (SSSR count). The number of carbonyl (C=O) groups excluding carboxylic acids is 2. The van der Waals surface area contributed by atoms with E-state index in [2.05, 4.69) is 0 Å². The minimum atomic E-state index is -0.856. The number of amides is 1. The molecule has 1 unspecified atom stereocenters. The van der Waals surface area contributed by atoms with Gasteiger partial charge in [0.2, 0.25) is 5.91 Å². The number of esters is 1. The molecule has 5 heteroatoms. The third kappa shape index (κ3) is 5.37. The summed E-state index contributed by atoms with van der Waals surface area (Å²) in [5.74, 6) is -2.06. The van der Waals surface area contributed by atoms with Gasteiger partial charge in [-0.2, -0.15) is 0 Å². The van der Waals surface area contributed by atoms with Gasteiger partial charge in [-0.3, -0.25) is 9.59 Å². The summed E-state index contributed by atoms with van der Waals surface area (Å²) in [6.07, 6.45) is 0.508. The van der Waals surface area contributed by atoms with E-state index in [0.29, 0.717) is 6.42 Å². The highest BCUT2D eigenvalue weighted by atomic mass is 16.6. The lowest BCUT2D eigenvalue weighted by molar-refractivity contribution is -0.159. The van der Waals surface area contributed by atoms with Gasteiger partial charge >= 0.3 is 5.97 Å². The fourth-order valence-electron chi connectivity index (χ4n) is 0.878. The monoisotopic (exact) mass is 217 g/mol. The fourth-order valence-corrected chi connectivity index (χ4v) is 0.878. The van der Waals surface area contributed by atoms with Crippen LogP contribution in [0.4, 0.5) is 0 Å². The first-order valence-corrected chi connectivity index (χ1v) is 4.94. The number of ether oxygens (including phenoxy) is 1. The Labute approximate surface area is 89.6 Å². The number of hydrogen-bond donors (Lipinski definition) is 2. The molecule has 3 N–H and O–H groups in total. The van der Waals surface area contributed by atoms with Gasteiger partial charge in [-0.1, -0.05) is 6.92 Å². The van der Waals surface area contributed by atoms with Gasteiger partial charge in [-0.05, 0) is 20.3 Å². The lowest BCUT2D eigenvalue weighted by Crippen LogP contribution is -2.32. The van der Waals surface area contributed by atoms with E-state index in [1.807, 2.05) is 6.92 Å². The summed E-state index contributed by atoms with van der Waals surface area (Å²) >= 11 is 0. The molecule has 0 spiro atoms. The zero-order chi connectivity index (χ0) is 12.1. The van der Waals surface area contributed by atoms with E-state index < -0.39 is 30.0 Å². The Morgan fingerprint density at radius 3 is 2.33 bits per heavy atom. The van der Waals surface area contributed by atoms with Gasteiger partial charge in [0.05, 0.1) is 18.9 Å². The Hall–Kier alpha value is -1.10. The van der Waals surface area contributed by atoms with Crippen molar-refractivity contribution in [2.24, 2.45) is 11.7 Å². The molecule has 5 nitrogen and oxygen atoms in total. The topological polar surface area (TPSA) is 89.6 Å². The molecule has 1 amide bonds. The lowest BCUT2D eigenvalue weighted by Gasteiger charge is -2.24. The molecule has 0 heterocycles. The maximum Gasteiger partial charge on any atom is 0.307 e. The third-order valence-corrected chi connectivity index (χ3v) is 2.28. The van der Waals surface area contributed by atoms with E-state index in [9.17, 15) is 9.59 Å². The lowest BCUT2D eigenvalue weighted by atomic mass is 10.0. The van der Waals surface area contributed by atoms with Gasteiger partial charge < -0.3 is 15.6 Å². The average Bonchev–Trinajstić information content (AvgIpc) is 2.13. The van der Waals surface area contributed by atoms with E-state index in [1.54, 1.807) is 13.8 Å². The fraction of sp³-hybridized carbons (Fsp3) is 0.800. The van der Waals surface area contributed by atoms with Crippen LogP contribution in [0.3, 0.4) is 0 Å². The largest absolute Gasteiger partial charge is 0.460 e. The minimum absolute atomic E-state index is 0.171. The van der Waals surface area contributed by atoms with Crippen molar-refractivity contribution in [1.82, 2.24) is 0 Å². The second-order valence-corrected chi connectivity index (χ2v) is 4.07. The summed E-state index contributed by atoms with van der Waals surface area (Å²) in [5.41, 5.74) is 4.44. The molecule has 0 aromatic rings.